The Labute approximate surface area is 123 Å². The summed E-state index contributed by atoms with van der Waals surface area (Å²) >= 11 is 0. The summed E-state index contributed by atoms with van der Waals surface area (Å²) in [5, 5.41) is 1.00. The van der Waals surface area contributed by atoms with Crippen LogP contribution in [-0.2, 0) is 13.0 Å². The van der Waals surface area contributed by atoms with Gasteiger partial charge in [0.15, 0.2) is 0 Å². The number of hydrogen-bond donors (Lipinski definition) is 1. The first-order valence-electron chi connectivity index (χ1n) is 7.30. The van der Waals surface area contributed by atoms with Gasteiger partial charge >= 0.3 is 0 Å². The third-order valence-electron chi connectivity index (χ3n) is 4.80. The van der Waals surface area contributed by atoms with E-state index in [1.54, 1.807) is 6.33 Å². The van der Waals surface area contributed by atoms with Gasteiger partial charge in [-0.05, 0) is 37.0 Å². The van der Waals surface area contributed by atoms with Crippen LogP contribution in [0.4, 0.5) is 5.82 Å². The van der Waals surface area contributed by atoms with Gasteiger partial charge in [0.1, 0.15) is 17.8 Å². The maximum Gasteiger partial charge on any atom is 0.145 e. The van der Waals surface area contributed by atoms with Crippen LogP contribution in [0.15, 0.2) is 30.6 Å². The number of aromatic nitrogens is 3. The zero-order valence-electron chi connectivity index (χ0n) is 12.3. The van der Waals surface area contributed by atoms with Crippen LogP contribution in [0.5, 0.6) is 0 Å². The molecule has 1 aromatic carbocycles. The smallest absolute Gasteiger partial charge is 0.145 e. The lowest BCUT2D eigenvalue weighted by Crippen LogP contribution is -2.22. The minimum Gasteiger partial charge on any atom is -0.383 e. The fraction of sp³-hybridized carbons (Fsp3) is 0.294. The zero-order valence-corrected chi connectivity index (χ0v) is 12.3. The van der Waals surface area contributed by atoms with E-state index >= 15 is 0 Å². The highest BCUT2D eigenvalue weighted by Gasteiger charge is 2.27. The summed E-state index contributed by atoms with van der Waals surface area (Å²) in [4.78, 5) is 8.59. The van der Waals surface area contributed by atoms with Gasteiger partial charge in [-0.25, -0.2) is 9.97 Å². The largest absolute Gasteiger partial charge is 0.383 e. The van der Waals surface area contributed by atoms with Crippen LogP contribution in [0.3, 0.4) is 0 Å². The number of nitrogens with two attached hydrogens (primary N) is 1. The summed E-state index contributed by atoms with van der Waals surface area (Å²) in [6.45, 7) is 5.20. The highest BCUT2D eigenvalue weighted by atomic mass is 15.1. The van der Waals surface area contributed by atoms with Gasteiger partial charge in [-0.1, -0.05) is 24.3 Å². The number of fused-ring (bicyclic) bond motifs is 2. The summed E-state index contributed by atoms with van der Waals surface area (Å²) < 4.78 is 2.29. The first kappa shape index (κ1) is 12.4. The molecule has 1 atom stereocenters. The number of rotatable bonds is 2. The highest BCUT2D eigenvalue weighted by Crippen LogP contribution is 2.38. The number of benzene rings is 1. The van der Waals surface area contributed by atoms with E-state index in [1.807, 2.05) is 0 Å². The lowest BCUT2D eigenvalue weighted by Gasteiger charge is -2.31. The quantitative estimate of drug-likeness (QED) is 0.784. The molecular formula is C17H18N4. The van der Waals surface area contributed by atoms with Crippen molar-refractivity contribution in [3.8, 4) is 0 Å². The monoisotopic (exact) mass is 278 g/mol. The molecule has 3 aromatic rings. The van der Waals surface area contributed by atoms with Crippen LogP contribution in [0.2, 0.25) is 0 Å². The van der Waals surface area contributed by atoms with Crippen LogP contribution >= 0.6 is 0 Å². The second kappa shape index (κ2) is 4.32. The fourth-order valence-electron chi connectivity index (χ4n) is 3.47. The third-order valence-corrected chi connectivity index (χ3v) is 4.80. The molecular weight excluding hydrogens is 260 g/mol. The Morgan fingerprint density at radius 3 is 2.86 bits per heavy atom. The Balaban J connectivity index is 1.79. The van der Waals surface area contributed by atoms with E-state index in [0.29, 0.717) is 11.7 Å². The van der Waals surface area contributed by atoms with Crippen LogP contribution in [0.25, 0.3) is 11.0 Å². The predicted molar refractivity (Wildman–Crippen MR) is 84.3 cm³/mol. The summed E-state index contributed by atoms with van der Waals surface area (Å²) in [6, 6.07) is 8.69. The Hall–Kier alpha value is -2.36. The van der Waals surface area contributed by atoms with Crippen molar-refractivity contribution in [3.05, 3.63) is 53.0 Å². The van der Waals surface area contributed by atoms with Crippen LogP contribution in [0.1, 0.15) is 28.3 Å². The van der Waals surface area contributed by atoms with Crippen molar-refractivity contribution in [2.75, 3.05) is 5.73 Å². The zero-order chi connectivity index (χ0) is 14.6. The van der Waals surface area contributed by atoms with E-state index in [1.165, 1.54) is 22.4 Å². The molecule has 0 saturated heterocycles. The standard InChI is InChI=1S/C17H18N4/c1-10-11(2)21(17-15(10)16(18)19-9-20-17)8-13-7-12-5-3-4-6-14(12)13/h3-6,9,13H,7-8H2,1-2H3,(H2,18,19,20). The van der Waals surface area contributed by atoms with Crippen LogP contribution in [0, 0.1) is 13.8 Å². The lowest BCUT2D eigenvalue weighted by atomic mass is 9.77. The molecule has 4 rings (SSSR count). The number of hydrogen-bond acceptors (Lipinski definition) is 3. The minimum atomic E-state index is 0.575. The Kier molecular flexibility index (Phi) is 2.55. The van der Waals surface area contributed by atoms with Crippen LogP contribution in [-0.4, -0.2) is 14.5 Å². The van der Waals surface area contributed by atoms with E-state index in [-0.39, 0.29) is 0 Å². The second-order valence-electron chi connectivity index (χ2n) is 5.88. The van der Waals surface area contributed by atoms with Crippen molar-refractivity contribution in [2.24, 2.45) is 0 Å². The third kappa shape index (κ3) is 1.68. The molecule has 0 aliphatic heterocycles. The van der Waals surface area contributed by atoms with Crippen molar-refractivity contribution in [1.29, 1.82) is 0 Å². The van der Waals surface area contributed by atoms with Crippen molar-refractivity contribution >= 4 is 16.9 Å². The van der Waals surface area contributed by atoms with Gasteiger partial charge in [-0.3, -0.25) is 0 Å². The molecule has 0 spiro atoms. The van der Waals surface area contributed by atoms with Gasteiger partial charge in [0.2, 0.25) is 0 Å². The molecule has 4 nitrogen and oxygen atoms in total. The molecule has 1 aliphatic carbocycles. The summed E-state index contributed by atoms with van der Waals surface area (Å²) in [5.41, 5.74) is 12.4. The van der Waals surface area contributed by atoms with Gasteiger partial charge in [0, 0.05) is 18.2 Å². The molecule has 21 heavy (non-hydrogen) atoms. The van der Waals surface area contributed by atoms with Crippen molar-refractivity contribution < 1.29 is 0 Å². The molecule has 2 aromatic heterocycles. The molecule has 2 N–H and O–H groups in total. The van der Waals surface area contributed by atoms with Gasteiger partial charge in [-0.15, -0.1) is 0 Å². The maximum atomic E-state index is 6.03. The average Bonchev–Trinajstić information content (AvgIpc) is 2.70. The molecule has 0 saturated carbocycles. The number of anilines is 1. The first-order valence-corrected chi connectivity index (χ1v) is 7.30. The molecule has 1 unspecified atom stereocenters. The Morgan fingerprint density at radius 1 is 1.24 bits per heavy atom. The molecule has 0 fully saturated rings. The van der Waals surface area contributed by atoms with Crippen LogP contribution < -0.4 is 5.73 Å². The Bertz CT molecular complexity index is 847. The SMILES string of the molecule is Cc1c(C)n(CC2Cc3ccccc32)c2ncnc(N)c12. The van der Waals surface area contributed by atoms with Gasteiger partial charge in [0.05, 0.1) is 5.39 Å². The molecule has 0 radical (unpaired) electrons. The first-order chi connectivity index (χ1) is 10.2. The second-order valence-corrected chi connectivity index (χ2v) is 5.88. The van der Waals surface area contributed by atoms with Gasteiger partial charge in [-0.2, -0.15) is 0 Å². The lowest BCUT2D eigenvalue weighted by molar-refractivity contribution is 0.510. The molecule has 2 heterocycles. The minimum absolute atomic E-state index is 0.575. The van der Waals surface area contributed by atoms with Crippen molar-refractivity contribution in [2.45, 2.75) is 32.7 Å². The number of nitrogen functional groups attached to an aromatic ring is 1. The highest BCUT2D eigenvalue weighted by molar-refractivity contribution is 5.90. The molecule has 4 heteroatoms. The number of nitrogens with zero attached hydrogens (tertiary/aromatic N) is 3. The summed E-state index contributed by atoms with van der Waals surface area (Å²) in [7, 11) is 0. The predicted octanol–water partition coefficient (Wildman–Crippen LogP) is 2.97. The van der Waals surface area contributed by atoms with Gasteiger partial charge < -0.3 is 10.3 Å². The molecule has 1 aliphatic rings. The van der Waals surface area contributed by atoms with E-state index in [0.717, 1.165) is 24.0 Å². The van der Waals surface area contributed by atoms with Crippen molar-refractivity contribution in [1.82, 2.24) is 14.5 Å². The van der Waals surface area contributed by atoms with E-state index < -0.39 is 0 Å². The van der Waals surface area contributed by atoms with Crippen molar-refractivity contribution in [3.63, 3.8) is 0 Å². The van der Waals surface area contributed by atoms with Gasteiger partial charge in [0.25, 0.3) is 0 Å². The molecule has 106 valence electrons. The molecule has 0 amide bonds. The summed E-state index contributed by atoms with van der Waals surface area (Å²) in [6.07, 6.45) is 2.71. The van der Waals surface area contributed by atoms with E-state index in [4.69, 9.17) is 5.73 Å². The normalized spacial score (nSPS) is 16.8. The summed E-state index contributed by atoms with van der Waals surface area (Å²) in [5.74, 6) is 1.15. The number of aryl methyl sites for hydroxylation is 1. The fourth-order valence-corrected chi connectivity index (χ4v) is 3.47. The van der Waals surface area contributed by atoms with E-state index in [2.05, 4.69) is 52.6 Å². The Morgan fingerprint density at radius 2 is 2.05 bits per heavy atom. The molecule has 0 bridgehead atoms. The van der Waals surface area contributed by atoms with E-state index in [9.17, 15) is 0 Å². The topological polar surface area (TPSA) is 56.7 Å². The average molecular weight is 278 g/mol. The maximum absolute atomic E-state index is 6.03.